The number of aromatic nitrogens is 1. The van der Waals surface area contributed by atoms with Gasteiger partial charge >= 0.3 is 0 Å². The Morgan fingerprint density at radius 2 is 1.71 bits per heavy atom. The lowest BCUT2D eigenvalue weighted by atomic mass is 10.1. The molecule has 0 radical (unpaired) electrons. The fraction of sp³-hybridized carbons (Fsp3) is 0.227. The molecule has 0 spiro atoms. The van der Waals surface area contributed by atoms with E-state index >= 15 is 0 Å². The first kappa shape index (κ1) is 19.4. The van der Waals surface area contributed by atoms with Crippen LogP contribution in [0.3, 0.4) is 0 Å². The van der Waals surface area contributed by atoms with E-state index in [2.05, 4.69) is 16.7 Å². The number of carbonyl (C=O) groups is 1. The number of benzene rings is 2. The Morgan fingerprint density at radius 3 is 2.32 bits per heavy atom. The van der Waals surface area contributed by atoms with Crippen molar-refractivity contribution in [1.29, 1.82) is 0 Å². The SMILES string of the molecule is CC(C)N(Cc1cccn1Cc1ccccc1)C(=O)c1ccc([N+](=O)[O-])cc1. The van der Waals surface area contributed by atoms with Gasteiger partial charge in [-0.25, -0.2) is 0 Å². The van der Waals surface area contributed by atoms with Gasteiger partial charge in [0.15, 0.2) is 0 Å². The summed E-state index contributed by atoms with van der Waals surface area (Å²) in [5.74, 6) is -0.141. The number of rotatable bonds is 7. The van der Waals surface area contributed by atoms with Crippen LogP contribution < -0.4 is 0 Å². The average molecular weight is 377 g/mol. The number of nitrogens with zero attached hydrogens (tertiary/aromatic N) is 3. The van der Waals surface area contributed by atoms with Crippen LogP contribution >= 0.6 is 0 Å². The van der Waals surface area contributed by atoms with Gasteiger partial charge in [0.05, 0.1) is 11.5 Å². The van der Waals surface area contributed by atoms with Crippen LogP contribution in [0.1, 0.15) is 35.5 Å². The van der Waals surface area contributed by atoms with E-state index < -0.39 is 4.92 Å². The predicted molar refractivity (Wildman–Crippen MR) is 108 cm³/mol. The van der Waals surface area contributed by atoms with E-state index in [-0.39, 0.29) is 17.6 Å². The predicted octanol–water partition coefficient (Wildman–Crippen LogP) is 4.50. The molecule has 0 unspecified atom stereocenters. The van der Waals surface area contributed by atoms with Gasteiger partial charge in [0.2, 0.25) is 0 Å². The van der Waals surface area contributed by atoms with Gasteiger partial charge in [-0.3, -0.25) is 14.9 Å². The smallest absolute Gasteiger partial charge is 0.269 e. The number of hydrogen-bond donors (Lipinski definition) is 0. The fourth-order valence-electron chi connectivity index (χ4n) is 3.08. The topological polar surface area (TPSA) is 68.4 Å². The molecule has 144 valence electrons. The summed E-state index contributed by atoms with van der Waals surface area (Å²) in [5.41, 5.74) is 2.65. The Hall–Kier alpha value is -3.41. The van der Waals surface area contributed by atoms with Gasteiger partial charge in [-0.1, -0.05) is 30.3 Å². The molecule has 1 amide bonds. The van der Waals surface area contributed by atoms with Gasteiger partial charge in [-0.15, -0.1) is 0 Å². The molecule has 0 N–H and O–H groups in total. The lowest BCUT2D eigenvalue weighted by Gasteiger charge is -2.27. The molecule has 0 aliphatic rings. The number of carbonyl (C=O) groups excluding carboxylic acids is 1. The van der Waals surface area contributed by atoms with Crippen LogP contribution in [0.15, 0.2) is 72.9 Å². The molecule has 3 rings (SSSR count). The zero-order valence-electron chi connectivity index (χ0n) is 16.0. The van der Waals surface area contributed by atoms with Gasteiger partial charge < -0.3 is 9.47 Å². The van der Waals surface area contributed by atoms with Gasteiger partial charge in [-0.2, -0.15) is 0 Å². The quantitative estimate of drug-likeness (QED) is 0.450. The second-order valence-corrected chi connectivity index (χ2v) is 6.94. The van der Waals surface area contributed by atoms with Crippen molar-refractivity contribution in [2.75, 3.05) is 0 Å². The van der Waals surface area contributed by atoms with E-state index in [1.807, 2.05) is 50.4 Å². The second-order valence-electron chi connectivity index (χ2n) is 6.94. The molecule has 0 saturated heterocycles. The van der Waals surface area contributed by atoms with E-state index in [9.17, 15) is 14.9 Å². The van der Waals surface area contributed by atoms with Crippen molar-refractivity contribution in [3.63, 3.8) is 0 Å². The summed E-state index contributed by atoms with van der Waals surface area (Å²) in [5, 5.41) is 10.8. The maximum absolute atomic E-state index is 13.0. The summed E-state index contributed by atoms with van der Waals surface area (Å²) in [6.07, 6.45) is 2.01. The normalized spacial score (nSPS) is 10.8. The van der Waals surface area contributed by atoms with Crippen LogP contribution in [-0.4, -0.2) is 26.3 Å². The summed E-state index contributed by atoms with van der Waals surface area (Å²) in [7, 11) is 0. The zero-order valence-corrected chi connectivity index (χ0v) is 16.0. The Morgan fingerprint density at radius 1 is 1.04 bits per heavy atom. The number of nitro groups is 1. The van der Waals surface area contributed by atoms with Crippen molar-refractivity contribution in [2.45, 2.75) is 33.0 Å². The van der Waals surface area contributed by atoms with Crippen molar-refractivity contribution in [3.05, 3.63) is 99.9 Å². The molecule has 0 aliphatic carbocycles. The standard InChI is InChI=1S/C22H23N3O3/c1-17(2)24(22(26)19-10-12-20(13-11-19)25(27)28)16-21-9-6-14-23(21)15-18-7-4-3-5-8-18/h3-14,17H,15-16H2,1-2H3. The Balaban J connectivity index is 1.79. The second kappa shape index (κ2) is 8.52. The van der Waals surface area contributed by atoms with Crippen LogP contribution in [0.4, 0.5) is 5.69 Å². The summed E-state index contributed by atoms with van der Waals surface area (Å²) in [6.45, 7) is 5.13. The first-order valence-electron chi connectivity index (χ1n) is 9.19. The monoisotopic (exact) mass is 377 g/mol. The molecule has 0 saturated carbocycles. The minimum atomic E-state index is -0.467. The third-order valence-electron chi connectivity index (χ3n) is 4.66. The largest absolute Gasteiger partial charge is 0.345 e. The minimum Gasteiger partial charge on any atom is -0.345 e. The van der Waals surface area contributed by atoms with Crippen molar-refractivity contribution in [3.8, 4) is 0 Å². The van der Waals surface area contributed by atoms with Crippen molar-refractivity contribution in [1.82, 2.24) is 9.47 Å². The molecular formula is C22H23N3O3. The molecule has 28 heavy (non-hydrogen) atoms. The first-order chi connectivity index (χ1) is 13.5. The highest BCUT2D eigenvalue weighted by atomic mass is 16.6. The van der Waals surface area contributed by atoms with Crippen molar-refractivity contribution in [2.24, 2.45) is 0 Å². The van der Waals surface area contributed by atoms with Gasteiger partial charge in [0.25, 0.3) is 11.6 Å². The molecule has 2 aromatic carbocycles. The van der Waals surface area contributed by atoms with E-state index in [1.54, 1.807) is 4.90 Å². The van der Waals surface area contributed by atoms with Crippen LogP contribution in [0.25, 0.3) is 0 Å². The lowest BCUT2D eigenvalue weighted by Crippen LogP contribution is -2.37. The number of nitro benzene ring substituents is 1. The molecule has 6 nitrogen and oxygen atoms in total. The van der Waals surface area contributed by atoms with E-state index in [4.69, 9.17) is 0 Å². The van der Waals surface area contributed by atoms with E-state index in [0.717, 1.165) is 12.2 Å². The van der Waals surface area contributed by atoms with Crippen LogP contribution in [0.5, 0.6) is 0 Å². The average Bonchev–Trinajstić information content (AvgIpc) is 3.13. The van der Waals surface area contributed by atoms with Crippen LogP contribution in [0, 0.1) is 10.1 Å². The molecule has 0 bridgehead atoms. The highest BCUT2D eigenvalue weighted by Crippen LogP contribution is 2.18. The maximum atomic E-state index is 13.0. The molecule has 0 atom stereocenters. The molecule has 0 aliphatic heterocycles. The lowest BCUT2D eigenvalue weighted by molar-refractivity contribution is -0.384. The van der Waals surface area contributed by atoms with Gasteiger partial charge in [0.1, 0.15) is 0 Å². The maximum Gasteiger partial charge on any atom is 0.269 e. The summed E-state index contributed by atoms with van der Waals surface area (Å²) in [4.78, 5) is 25.1. The molecular weight excluding hydrogens is 354 g/mol. The molecule has 0 fully saturated rings. The highest BCUT2D eigenvalue weighted by molar-refractivity contribution is 5.94. The molecule has 3 aromatic rings. The molecule has 1 heterocycles. The molecule has 6 heteroatoms. The number of non-ortho nitro benzene ring substituents is 1. The van der Waals surface area contributed by atoms with Gasteiger partial charge in [-0.05, 0) is 43.7 Å². The van der Waals surface area contributed by atoms with E-state index in [1.165, 1.54) is 29.8 Å². The summed E-state index contributed by atoms with van der Waals surface area (Å²) in [6, 6.07) is 19.9. The Kier molecular flexibility index (Phi) is 5.89. The van der Waals surface area contributed by atoms with Crippen molar-refractivity contribution >= 4 is 11.6 Å². The summed E-state index contributed by atoms with van der Waals surface area (Å²) >= 11 is 0. The Labute approximate surface area is 164 Å². The third kappa shape index (κ3) is 4.46. The first-order valence-corrected chi connectivity index (χ1v) is 9.19. The number of hydrogen-bond acceptors (Lipinski definition) is 3. The van der Waals surface area contributed by atoms with Crippen LogP contribution in [0.2, 0.25) is 0 Å². The zero-order chi connectivity index (χ0) is 20.1. The number of amides is 1. The molecule has 1 aromatic heterocycles. The highest BCUT2D eigenvalue weighted by Gasteiger charge is 2.21. The summed E-state index contributed by atoms with van der Waals surface area (Å²) < 4.78 is 2.13. The van der Waals surface area contributed by atoms with E-state index in [0.29, 0.717) is 12.1 Å². The minimum absolute atomic E-state index is 0.0113. The van der Waals surface area contributed by atoms with Gasteiger partial charge in [0, 0.05) is 42.2 Å². The van der Waals surface area contributed by atoms with Crippen LogP contribution in [-0.2, 0) is 13.1 Å². The Bertz CT molecular complexity index is 947. The third-order valence-corrected chi connectivity index (χ3v) is 4.66. The fourth-order valence-corrected chi connectivity index (χ4v) is 3.08. The van der Waals surface area contributed by atoms with Crippen molar-refractivity contribution < 1.29 is 9.72 Å².